The van der Waals surface area contributed by atoms with Crippen molar-refractivity contribution in [1.29, 1.82) is 5.26 Å². The number of carbonyl (C=O) groups excluding carboxylic acids is 1. The fourth-order valence-corrected chi connectivity index (χ4v) is 2.45. The molecule has 2 aromatic carbocycles. The number of likely N-dealkylation sites (N-methyl/N-ethyl adjacent to an activating group) is 1. The molecule has 0 aliphatic heterocycles. The Morgan fingerprint density at radius 2 is 1.76 bits per heavy atom. The number of nitriles is 1. The van der Waals surface area contributed by atoms with Crippen LogP contribution in [0.3, 0.4) is 0 Å². The van der Waals surface area contributed by atoms with Crippen LogP contribution in [0.5, 0.6) is 0 Å². The number of para-hydroxylation sites is 1. The summed E-state index contributed by atoms with van der Waals surface area (Å²) in [5.41, 5.74) is 2.17. The topological polar surface area (TPSA) is 44.1 Å². The SMILES string of the molecule is CCC(C(=O)N(C)c1ccccc1C#N)c1ccccc1. The van der Waals surface area contributed by atoms with E-state index in [0.29, 0.717) is 11.3 Å². The Bertz CT molecular complexity index is 658. The molecule has 1 amide bonds. The van der Waals surface area contributed by atoms with E-state index >= 15 is 0 Å². The molecule has 3 heteroatoms. The van der Waals surface area contributed by atoms with Gasteiger partial charge in [-0.3, -0.25) is 4.79 Å². The van der Waals surface area contributed by atoms with E-state index in [-0.39, 0.29) is 11.8 Å². The lowest BCUT2D eigenvalue weighted by atomic mass is 9.95. The number of nitrogens with zero attached hydrogens (tertiary/aromatic N) is 2. The van der Waals surface area contributed by atoms with Gasteiger partial charge >= 0.3 is 0 Å². The van der Waals surface area contributed by atoms with Crippen molar-refractivity contribution in [3.8, 4) is 6.07 Å². The highest BCUT2D eigenvalue weighted by molar-refractivity contribution is 5.98. The maximum absolute atomic E-state index is 12.8. The summed E-state index contributed by atoms with van der Waals surface area (Å²) in [6.07, 6.45) is 0.724. The molecule has 2 rings (SSSR count). The van der Waals surface area contributed by atoms with Crippen molar-refractivity contribution in [2.45, 2.75) is 19.3 Å². The fraction of sp³-hybridized carbons (Fsp3) is 0.222. The van der Waals surface area contributed by atoms with Crippen molar-refractivity contribution < 1.29 is 4.79 Å². The molecule has 0 heterocycles. The Hall–Kier alpha value is -2.60. The zero-order valence-electron chi connectivity index (χ0n) is 12.3. The number of carbonyl (C=O) groups is 1. The summed E-state index contributed by atoms with van der Waals surface area (Å²) < 4.78 is 0. The van der Waals surface area contributed by atoms with E-state index < -0.39 is 0 Å². The summed E-state index contributed by atoms with van der Waals surface area (Å²) in [6, 6.07) is 19.1. The van der Waals surface area contributed by atoms with E-state index in [1.165, 1.54) is 0 Å². The number of amides is 1. The van der Waals surface area contributed by atoms with Gasteiger partial charge in [-0.2, -0.15) is 5.26 Å². The Balaban J connectivity index is 2.32. The molecule has 106 valence electrons. The highest BCUT2D eigenvalue weighted by Gasteiger charge is 2.24. The molecule has 0 fully saturated rings. The van der Waals surface area contributed by atoms with E-state index in [2.05, 4.69) is 6.07 Å². The zero-order chi connectivity index (χ0) is 15.2. The molecule has 0 bridgehead atoms. The van der Waals surface area contributed by atoms with Gasteiger partial charge in [-0.05, 0) is 24.1 Å². The molecule has 21 heavy (non-hydrogen) atoms. The van der Waals surface area contributed by atoms with Crippen molar-refractivity contribution in [3.05, 3.63) is 65.7 Å². The molecular weight excluding hydrogens is 260 g/mol. The van der Waals surface area contributed by atoms with Gasteiger partial charge in [0.15, 0.2) is 0 Å². The minimum Gasteiger partial charge on any atom is -0.314 e. The average molecular weight is 278 g/mol. The molecule has 0 aromatic heterocycles. The normalized spacial score (nSPS) is 11.5. The van der Waals surface area contributed by atoms with Gasteiger partial charge in [-0.25, -0.2) is 0 Å². The summed E-state index contributed by atoms with van der Waals surface area (Å²) in [6.45, 7) is 2.00. The van der Waals surface area contributed by atoms with E-state index in [0.717, 1.165) is 12.0 Å². The Morgan fingerprint density at radius 3 is 2.38 bits per heavy atom. The Labute approximate surface area is 125 Å². The lowest BCUT2D eigenvalue weighted by Gasteiger charge is -2.24. The number of hydrogen-bond donors (Lipinski definition) is 0. The van der Waals surface area contributed by atoms with Gasteiger partial charge in [0, 0.05) is 7.05 Å². The number of benzene rings is 2. The lowest BCUT2D eigenvalue weighted by Crippen LogP contribution is -2.32. The molecule has 0 saturated heterocycles. The summed E-state index contributed by atoms with van der Waals surface area (Å²) in [7, 11) is 1.73. The third kappa shape index (κ3) is 3.11. The van der Waals surface area contributed by atoms with Crippen molar-refractivity contribution in [3.63, 3.8) is 0 Å². The minimum atomic E-state index is -0.192. The quantitative estimate of drug-likeness (QED) is 0.855. The predicted molar refractivity (Wildman–Crippen MR) is 84.0 cm³/mol. The maximum Gasteiger partial charge on any atom is 0.234 e. The monoisotopic (exact) mass is 278 g/mol. The van der Waals surface area contributed by atoms with Crippen molar-refractivity contribution >= 4 is 11.6 Å². The smallest absolute Gasteiger partial charge is 0.234 e. The third-order valence-electron chi connectivity index (χ3n) is 3.62. The van der Waals surface area contributed by atoms with Gasteiger partial charge in [-0.1, -0.05) is 49.4 Å². The van der Waals surface area contributed by atoms with Crippen LogP contribution in [0.2, 0.25) is 0 Å². The largest absolute Gasteiger partial charge is 0.314 e. The summed E-state index contributed by atoms with van der Waals surface area (Å²) in [5, 5.41) is 9.17. The van der Waals surface area contributed by atoms with Gasteiger partial charge in [0.2, 0.25) is 5.91 Å². The van der Waals surface area contributed by atoms with Gasteiger partial charge < -0.3 is 4.90 Å². The van der Waals surface area contributed by atoms with Gasteiger partial charge in [-0.15, -0.1) is 0 Å². The fourth-order valence-electron chi connectivity index (χ4n) is 2.45. The van der Waals surface area contributed by atoms with E-state index in [1.54, 1.807) is 30.1 Å². The van der Waals surface area contributed by atoms with Crippen LogP contribution >= 0.6 is 0 Å². The highest BCUT2D eigenvalue weighted by atomic mass is 16.2. The second-order valence-electron chi connectivity index (χ2n) is 4.90. The van der Waals surface area contributed by atoms with Gasteiger partial charge in [0.05, 0.1) is 17.2 Å². The Morgan fingerprint density at radius 1 is 1.14 bits per heavy atom. The van der Waals surface area contributed by atoms with Gasteiger partial charge in [0.1, 0.15) is 6.07 Å². The highest BCUT2D eigenvalue weighted by Crippen LogP contribution is 2.26. The number of hydrogen-bond acceptors (Lipinski definition) is 2. The maximum atomic E-state index is 12.8. The molecule has 0 aliphatic rings. The lowest BCUT2D eigenvalue weighted by molar-refractivity contribution is -0.119. The summed E-state index contributed by atoms with van der Waals surface area (Å²) >= 11 is 0. The molecule has 0 saturated carbocycles. The van der Waals surface area contributed by atoms with Crippen molar-refractivity contribution in [2.24, 2.45) is 0 Å². The van der Waals surface area contributed by atoms with Crippen LogP contribution < -0.4 is 4.90 Å². The van der Waals surface area contributed by atoms with Gasteiger partial charge in [0.25, 0.3) is 0 Å². The molecule has 0 N–H and O–H groups in total. The molecule has 1 unspecified atom stereocenters. The van der Waals surface area contributed by atoms with Crippen molar-refractivity contribution in [2.75, 3.05) is 11.9 Å². The van der Waals surface area contributed by atoms with Crippen molar-refractivity contribution in [1.82, 2.24) is 0 Å². The minimum absolute atomic E-state index is 0.00593. The first-order valence-corrected chi connectivity index (χ1v) is 7.00. The molecule has 1 atom stereocenters. The van der Waals surface area contributed by atoms with E-state index in [4.69, 9.17) is 0 Å². The average Bonchev–Trinajstić information content (AvgIpc) is 2.55. The zero-order valence-corrected chi connectivity index (χ0v) is 12.3. The second-order valence-corrected chi connectivity index (χ2v) is 4.90. The van der Waals surface area contributed by atoms with Crippen LogP contribution in [-0.4, -0.2) is 13.0 Å². The first-order chi connectivity index (χ1) is 10.2. The molecule has 2 aromatic rings. The first-order valence-electron chi connectivity index (χ1n) is 7.00. The third-order valence-corrected chi connectivity index (χ3v) is 3.62. The van der Waals surface area contributed by atoms with Crippen LogP contribution in [0.15, 0.2) is 54.6 Å². The van der Waals surface area contributed by atoms with Crippen LogP contribution in [0, 0.1) is 11.3 Å². The molecule has 3 nitrogen and oxygen atoms in total. The molecule has 0 aliphatic carbocycles. The van der Waals surface area contributed by atoms with Crippen LogP contribution in [0.25, 0.3) is 0 Å². The summed E-state index contributed by atoms with van der Waals surface area (Å²) in [4.78, 5) is 14.3. The number of anilines is 1. The van der Waals surface area contributed by atoms with Crippen LogP contribution in [0.4, 0.5) is 5.69 Å². The molecule has 0 spiro atoms. The van der Waals surface area contributed by atoms with Crippen LogP contribution in [0.1, 0.15) is 30.4 Å². The van der Waals surface area contributed by atoms with Crippen LogP contribution in [-0.2, 0) is 4.79 Å². The molecule has 0 radical (unpaired) electrons. The number of rotatable bonds is 4. The van der Waals surface area contributed by atoms with E-state index in [9.17, 15) is 10.1 Å². The second kappa shape index (κ2) is 6.71. The predicted octanol–water partition coefficient (Wildman–Crippen LogP) is 3.71. The molecular formula is C18H18N2O. The first kappa shape index (κ1) is 14.8. The van der Waals surface area contributed by atoms with E-state index in [1.807, 2.05) is 43.3 Å². The standard InChI is InChI=1S/C18H18N2O/c1-3-16(14-9-5-4-6-10-14)18(21)20(2)17-12-8-7-11-15(17)13-19/h4-12,16H,3H2,1-2H3. The summed E-state index contributed by atoms with van der Waals surface area (Å²) in [5.74, 6) is -0.186. The Kier molecular flexibility index (Phi) is 4.73.